The summed E-state index contributed by atoms with van der Waals surface area (Å²) >= 11 is 0. The first-order valence-corrected chi connectivity index (χ1v) is 6.94. The molecule has 1 amide bonds. The second-order valence-corrected chi connectivity index (χ2v) is 5.01. The average molecular weight is 279 g/mol. The van der Waals surface area contributed by atoms with E-state index >= 15 is 0 Å². The second kappa shape index (κ2) is 8.43. The van der Waals surface area contributed by atoms with Crippen molar-refractivity contribution in [3.8, 4) is 5.75 Å². The van der Waals surface area contributed by atoms with Gasteiger partial charge in [-0.2, -0.15) is 0 Å². The van der Waals surface area contributed by atoms with Gasteiger partial charge in [0.05, 0.1) is 5.69 Å². The highest BCUT2D eigenvalue weighted by atomic mass is 16.5. The highest BCUT2D eigenvalue weighted by Crippen LogP contribution is 2.19. The zero-order valence-electron chi connectivity index (χ0n) is 12.6. The van der Waals surface area contributed by atoms with E-state index in [1.165, 1.54) is 0 Å². The standard InChI is InChI=1S/C15H25N3O2/c1-4-9-18(11-10-17(2)3)15(19)12-20-14-8-6-5-7-13(14)16/h5-8H,4,9-12,16H2,1-3H3. The van der Waals surface area contributed by atoms with Gasteiger partial charge in [0.15, 0.2) is 6.61 Å². The van der Waals surface area contributed by atoms with E-state index in [4.69, 9.17) is 10.5 Å². The molecule has 0 spiro atoms. The number of benzene rings is 1. The summed E-state index contributed by atoms with van der Waals surface area (Å²) in [4.78, 5) is 16.1. The first-order valence-electron chi connectivity index (χ1n) is 6.94. The van der Waals surface area contributed by atoms with Gasteiger partial charge in [-0.25, -0.2) is 0 Å². The molecule has 0 radical (unpaired) electrons. The molecule has 112 valence electrons. The number of para-hydroxylation sites is 2. The summed E-state index contributed by atoms with van der Waals surface area (Å²) in [6, 6.07) is 7.21. The number of hydrogen-bond acceptors (Lipinski definition) is 4. The van der Waals surface area contributed by atoms with Crippen LogP contribution in [0.4, 0.5) is 5.69 Å². The third-order valence-electron chi connectivity index (χ3n) is 2.93. The van der Waals surface area contributed by atoms with E-state index in [1.54, 1.807) is 12.1 Å². The molecule has 0 atom stereocenters. The lowest BCUT2D eigenvalue weighted by atomic mass is 10.3. The van der Waals surface area contributed by atoms with Crippen molar-refractivity contribution in [1.82, 2.24) is 9.80 Å². The maximum absolute atomic E-state index is 12.2. The molecule has 0 saturated carbocycles. The number of likely N-dealkylation sites (N-methyl/N-ethyl adjacent to an activating group) is 1. The molecule has 0 aromatic heterocycles. The van der Waals surface area contributed by atoms with Crippen LogP contribution in [0.5, 0.6) is 5.75 Å². The van der Waals surface area contributed by atoms with Crippen LogP contribution < -0.4 is 10.5 Å². The van der Waals surface area contributed by atoms with Gasteiger partial charge < -0.3 is 20.3 Å². The lowest BCUT2D eigenvalue weighted by Gasteiger charge is -2.24. The van der Waals surface area contributed by atoms with Crippen molar-refractivity contribution in [1.29, 1.82) is 0 Å². The molecular formula is C15H25N3O2. The Kier molecular flexibility index (Phi) is 6.87. The molecule has 0 aliphatic heterocycles. The predicted octanol–water partition coefficient (Wildman–Crippen LogP) is 1.45. The lowest BCUT2D eigenvalue weighted by molar-refractivity contribution is -0.133. The number of carbonyl (C=O) groups is 1. The first-order chi connectivity index (χ1) is 9.54. The minimum absolute atomic E-state index is 0.00282. The molecule has 20 heavy (non-hydrogen) atoms. The smallest absolute Gasteiger partial charge is 0.260 e. The number of nitrogens with zero attached hydrogens (tertiary/aromatic N) is 2. The van der Waals surface area contributed by atoms with Crippen molar-refractivity contribution in [3.05, 3.63) is 24.3 Å². The van der Waals surface area contributed by atoms with E-state index in [9.17, 15) is 4.79 Å². The molecule has 2 N–H and O–H groups in total. The van der Waals surface area contributed by atoms with Gasteiger partial charge in [-0.1, -0.05) is 19.1 Å². The van der Waals surface area contributed by atoms with Gasteiger partial charge in [0.1, 0.15) is 5.75 Å². The van der Waals surface area contributed by atoms with Crippen LogP contribution in [-0.4, -0.2) is 56.0 Å². The number of nitrogens with two attached hydrogens (primary N) is 1. The Labute approximate surface area is 121 Å². The summed E-state index contributed by atoms with van der Waals surface area (Å²) in [6.45, 7) is 4.40. The Hall–Kier alpha value is -1.75. The van der Waals surface area contributed by atoms with Gasteiger partial charge in [-0.05, 0) is 32.6 Å². The van der Waals surface area contributed by atoms with Crippen LogP contribution in [0.3, 0.4) is 0 Å². The van der Waals surface area contributed by atoms with Gasteiger partial charge in [0.25, 0.3) is 5.91 Å². The minimum Gasteiger partial charge on any atom is -0.482 e. The number of rotatable bonds is 8. The van der Waals surface area contributed by atoms with E-state index in [0.29, 0.717) is 18.0 Å². The maximum Gasteiger partial charge on any atom is 0.260 e. The van der Waals surface area contributed by atoms with E-state index in [1.807, 2.05) is 31.1 Å². The third-order valence-corrected chi connectivity index (χ3v) is 2.93. The second-order valence-electron chi connectivity index (χ2n) is 5.01. The number of ether oxygens (including phenoxy) is 1. The van der Waals surface area contributed by atoms with Crippen molar-refractivity contribution in [2.45, 2.75) is 13.3 Å². The van der Waals surface area contributed by atoms with E-state index in [-0.39, 0.29) is 12.5 Å². The van der Waals surface area contributed by atoms with E-state index in [0.717, 1.165) is 19.5 Å². The van der Waals surface area contributed by atoms with Crippen LogP contribution in [0.15, 0.2) is 24.3 Å². The summed E-state index contributed by atoms with van der Waals surface area (Å²) in [6.07, 6.45) is 0.937. The SMILES string of the molecule is CCCN(CCN(C)C)C(=O)COc1ccccc1N. The normalized spacial score (nSPS) is 10.6. The Morgan fingerprint density at radius 1 is 1.20 bits per heavy atom. The number of nitrogen functional groups attached to an aromatic ring is 1. The van der Waals surface area contributed by atoms with Gasteiger partial charge >= 0.3 is 0 Å². The Balaban J connectivity index is 2.51. The molecule has 0 aliphatic carbocycles. The monoisotopic (exact) mass is 279 g/mol. The fraction of sp³-hybridized carbons (Fsp3) is 0.533. The molecule has 0 fully saturated rings. The lowest BCUT2D eigenvalue weighted by Crippen LogP contribution is -2.39. The van der Waals surface area contributed by atoms with Gasteiger partial charge in [0, 0.05) is 19.6 Å². The molecule has 0 saturated heterocycles. The number of amides is 1. The maximum atomic E-state index is 12.2. The topological polar surface area (TPSA) is 58.8 Å². The Morgan fingerprint density at radius 2 is 1.90 bits per heavy atom. The predicted molar refractivity (Wildman–Crippen MR) is 81.8 cm³/mol. The summed E-state index contributed by atoms with van der Waals surface area (Å²) in [7, 11) is 3.99. The zero-order valence-corrected chi connectivity index (χ0v) is 12.6. The average Bonchev–Trinajstić information content (AvgIpc) is 2.42. The van der Waals surface area contributed by atoms with Crippen LogP contribution >= 0.6 is 0 Å². The molecule has 5 nitrogen and oxygen atoms in total. The summed E-state index contributed by atoms with van der Waals surface area (Å²) in [5.41, 5.74) is 6.33. The van der Waals surface area contributed by atoms with Crippen LogP contribution in [0.2, 0.25) is 0 Å². The van der Waals surface area contributed by atoms with Gasteiger partial charge in [-0.3, -0.25) is 4.79 Å². The highest BCUT2D eigenvalue weighted by molar-refractivity contribution is 5.78. The number of hydrogen-bond donors (Lipinski definition) is 1. The van der Waals surface area contributed by atoms with Crippen molar-refractivity contribution < 1.29 is 9.53 Å². The largest absolute Gasteiger partial charge is 0.482 e. The van der Waals surface area contributed by atoms with Crippen LogP contribution in [-0.2, 0) is 4.79 Å². The van der Waals surface area contributed by atoms with Crippen molar-refractivity contribution in [2.24, 2.45) is 0 Å². The molecule has 1 aromatic carbocycles. The van der Waals surface area contributed by atoms with Crippen LogP contribution in [0.1, 0.15) is 13.3 Å². The summed E-state index contributed by atoms with van der Waals surface area (Å²) in [5, 5.41) is 0. The van der Waals surface area contributed by atoms with Crippen LogP contribution in [0, 0.1) is 0 Å². The Bertz CT molecular complexity index is 421. The third kappa shape index (κ3) is 5.48. The minimum atomic E-state index is -0.00282. The van der Waals surface area contributed by atoms with E-state index < -0.39 is 0 Å². The summed E-state index contributed by atoms with van der Waals surface area (Å²) in [5.74, 6) is 0.557. The quantitative estimate of drug-likeness (QED) is 0.732. The first kappa shape index (κ1) is 16.3. The van der Waals surface area contributed by atoms with Crippen molar-refractivity contribution >= 4 is 11.6 Å². The molecule has 0 heterocycles. The molecule has 5 heteroatoms. The molecule has 0 bridgehead atoms. The fourth-order valence-electron chi connectivity index (χ4n) is 1.79. The fourth-order valence-corrected chi connectivity index (χ4v) is 1.79. The summed E-state index contributed by atoms with van der Waals surface area (Å²) < 4.78 is 5.50. The van der Waals surface area contributed by atoms with E-state index in [2.05, 4.69) is 11.8 Å². The highest BCUT2D eigenvalue weighted by Gasteiger charge is 2.14. The zero-order chi connectivity index (χ0) is 15.0. The van der Waals surface area contributed by atoms with Gasteiger partial charge in [0.2, 0.25) is 0 Å². The Morgan fingerprint density at radius 3 is 2.50 bits per heavy atom. The van der Waals surface area contributed by atoms with Gasteiger partial charge in [-0.15, -0.1) is 0 Å². The van der Waals surface area contributed by atoms with Crippen molar-refractivity contribution in [2.75, 3.05) is 46.1 Å². The molecular weight excluding hydrogens is 254 g/mol. The molecule has 0 aliphatic rings. The molecule has 1 aromatic rings. The number of anilines is 1. The molecule has 1 rings (SSSR count). The van der Waals surface area contributed by atoms with Crippen molar-refractivity contribution in [3.63, 3.8) is 0 Å². The van der Waals surface area contributed by atoms with Crippen LogP contribution in [0.25, 0.3) is 0 Å². The molecule has 0 unspecified atom stereocenters. The number of carbonyl (C=O) groups excluding carboxylic acids is 1.